The molecule has 0 spiro atoms. The molecule has 2 heterocycles. The summed E-state index contributed by atoms with van der Waals surface area (Å²) in [4.78, 5) is 4.50. The van der Waals surface area contributed by atoms with Crippen LogP contribution in [0.25, 0.3) is 0 Å². The molecule has 2 aliphatic heterocycles. The highest BCUT2D eigenvalue weighted by atomic mass is 16.5. The molecule has 0 saturated heterocycles. The highest BCUT2D eigenvalue weighted by Crippen LogP contribution is 2.45. The number of hydrogen-bond acceptors (Lipinski definition) is 4. The maximum Gasteiger partial charge on any atom is 0.204 e. The Labute approximate surface area is 99.5 Å². The summed E-state index contributed by atoms with van der Waals surface area (Å²) < 4.78 is 16.3. The predicted octanol–water partition coefficient (Wildman–Crippen LogP) is 2.59. The van der Waals surface area contributed by atoms with Gasteiger partial charge in [0.05, 0.1) is 25.4 Å². The van der Waals surface area contributed by atoms with Gasteiger partial charge in [-0.2, -0.15) is 0 Å². The van der Waals surface area contributed by atoms with E-state index in [1.54, 1.807) is 20.5 Å². The van der Waals surface area contributed by atoms with Crippen molar-refractivity contribution in [3.63, 3.8) is 0 Å². The lowest BCUT2D eigenvalue weighted by Gasteiger charge is -2.27. The Bertz CT molecular complexity index is 507. The second-order valence-corrected chi connectivity index (χ2v) is 3.98. The summed E-state index contributed by atoms with van der Waals surface area (Å²) in [5, 5.41) is 0. The number of rotatable bonds is 2. The van der Waals surface area contributed by atoms with Crippen LogP contribution in [-0.4, -0.2) is 20.1 Å². The molecular formula is C13H13NO3. The molecule has 0 aromatic heterocycles. The van der Waals surface area contributed by atoms with E-state index in [2.05, 4.69) is 4.99 Å². The van der Waals surface area contributed by atoms with Gasteiger partial charge in [0.2, 0.25) is 5.90 Å². The van der Waals surface area contributed by atoms with Gasteiger partial charge in [0.1, 0.15) is 11.4 Å². The van der Waals surface area contributed by atoms with Crippen LogP contribution in [0.4, 0.5) is 5.69 Å². The standard InChI is InChI=1S/C13H13NO3/c1-15-10-5-3-4-8-11(10)14-13-9(6-7-17-13)12(8)16-2/h3-7,9,12H,1-2H3/t9-,12+/m0/s1. The van der Waals surface area contributed by atoms with Gasteiger partial charge in [-0.1, -0.05) is 12.1 Å². The van der Waals surface area contributed by atoms with Crippen molar-refractivity contribution in [3.05, 3.63) is 36.1 Å². The number of aliphatic imine (C=N–C) groups is 1. The van der Waals surface area contributed by atoms with Crippen LogP contribution in [-0.2, 0) is 9.47 Å². The molecule has 0 aliphatic carbocycles. The smallest absolute Gasteiger partial charge is 0.204 e. The molecule has 17 heavy (non-hydrogen) atoms. The summed E-state index contributed by atoms with van der Waals surface area (Å²) in [6, 6.07) is 5.85. The van der Waals surface area contributed by atoms with Crippen LogP contribution in [0, 0.1) is 5.92 Å². The van der Waals surface area contributed by atoms with Gasteiger partial charge in [-0.05, 0) is 12.1 Å². The largest absolute Gasteiger partial charge is 0.494 e. The van der Waals surface area contributed by atoms with Crippen molar-refractivity contribution < 1.29 is 14.2 Å². The van der Waals surface area contributed by atoms with E-state index >= 15 is 0 Å². The zero-order chi connectivity index (χ0) is 11.8. The van der Waals surface area contributed by atoms with Gasteiger partial charge >= 0.3 is 0 Å². The molecule has 0 fully saturated rings. The van der Waals surface area contributed by atoms with Crippen molar-refractivity contribution in [1.82, 2.24) is 0 Å². The lowest BCUT2D eigenvalue weighted by molar-refractivity contribution is 0.0846. The van der Waals surface area contributed by atoms with Crippen molar-refractivity contribution >= 4 is 11.6 Å². The molecule has 2 atom stereocenters. The van der Waals surface area contributed by atoms with Gasteiger partial charge in [-0.15, -0.1) is 0 Å². The van der Waals surface area contributed by atoms with E-state index in [1.165, 1.54) is 0 Å². The molecular weight excluding hydrogens is 218 g/mol. The second kappa shape index (κ2) is 3.89. The Hall–Kier alpha value is -1.81. The molecule has 0 saturated carbocycles. The first-order chi connectivity index (χ1) is 8.35. The summed E-state index contributed by atoms with van der Waals surface area (Å²) in [6.45, 7) is 0. The van der Waals surface area contributed by atoms with Gasteiger partial charge in [-0.25, -0.2) is 4.99 Å². The Morgan fingerprint density at radius 1 is 1.29 bits per heavy atom. The molecule has 0 bridgehead atoms. The van der Waals surface area contributed by atoms with Gasteiger partial charge in [0, 0.05) is 12.7 Å². The SMILES string of the molecule is COc1cccc2c1N=C1OC=C[C@H]1[C@@H]2OC. The zero-order valence-corrected chi connectivity index (χ0v) is 9.71. The Morgan fingerprint density at radius 3 is 2.94 bits per heavy atom. The molecule has 0 radical (unpaired) electrons. The highest BCUT2D eigenvalue weighted by molar-refractivity contribution is 5.90. The first-order valence-electron chi connectivity index (χ1n) is 5.46. The Balaban J connectivity index is 2.18. The first kappa shape index (κ1) is 10.4. The fourth-order valence-electron chi connectivity index (χ4n) is 2.32. The van der Waals surface area contributed by atoms with Crippen molar-refractivity contribution in [1.29, 1.82) is 0 Å². The molecule has 4 heteroatoms. The quantitative estimate of drug-likeness (QED) is 0.785. The minimum absolute atomic E-state index is 0.0636. The average Bonchev–Trinajstić information content (AvgIpc) is 2.82. The summed E-state index contributed by atoms with van der Waals surface area (Å²) in [7, 11) is 3.33. The third-order valence-corrected chi connectivity index (χ3v) is 3.12. The normalized spacial score (nSPS) is 24.7. The molecule has 2 aliphatic rings. The molecule has 0 unspecified atom stereocenters. The molecule has 0 N–H and O–H groups in total. The van der Waals surface area contributed by atoms with Crippen LogP contribution >= 0.6 is 0 Å². The summed E-state index contributed by atoms with van der Waals surface area (Å²) in [5.74, 6) is 1.49. The van der Waals surface area contributed by atoms with E-state index in [0.717, 1.165) is 17.0 Å². The lowest BCUT2D eigenvalue weighted by atomic mass is 9.92. The fourth-order valence-corrected chi connectivity index (χ4v) is 2.32. The van der Waals surface area contributed by atoms with Crippen LogP contribution in [0.1, 0.15) is 11.7 Å². The van der Waals surface area contributed by atoms with Crippen molar-refractivity contribution in [2.24, 2.45) is 10.9 Å². The van der Waals surface area contributed by atoms with Gasteiger partial charge < -0.3 is 14.2 Å². The maximum atomic E-state index is 5.56. The number of benzene rings is 1. The predicted molar refractivity (Wildman–Crippen MR) is 63.6 cm³/mol. The molecule has 1 aromatic carbocycles. The zero-order valence-electron chi connectivity index (χ0n) is 9.71. The van der Waals surface area contributed by atoms with E-state index in [0.29, 0.717) is 5.90 Å². The summed E-state index contributed by atoms with van der Waals surface area (Å²) >= 11 is 0. The Kier molecular flexibility index (Phi) is 2.37. The average molecular weight is 231 g/mol. The van der Waals surface area contributed by atoms with E-state index in [9.17, 15) is 0 Å². The van der Waals surface area contributed by atoms with E-state index in [-0.39, 0.29) is 12.0 Å². The van der Waals surface area contributed by atoms with Crippen LogP contribution in [0.15, 0.2) is 35.5 Å². The number of methoxy groups -OCH3 is 2. The third kappa shape index (κ3) is 1.45. The van der Waals surface area contributed by atoms with Crippen LogP contribution in [0.3, 0.4) is 0 Å². The van der Waals surface area contributed by atoms with Gasteiger partial charge in [-0.3, -0.25) is 0 Å². The number of ether oxygens (including phenoxy) is 3. The molecule has 3 rings (SSSR count). The first-order valence-corrected chi connectivity index (χ1v) is 5.46. The number of nitrogens with zero attached hydrogens (tertiary/aromatic N) is 1. The van der Waals surface area contributed by atoms with E-state index < -0.39 is 0 Å². The third-order valence-electron chi connectivity index (χ3n) is 3.12. The van der Waals surface area contributed by atoms with E-state index in [4.69, 9.17) is 14.2 Å². The van der Waals surface area contributed by atoms with Crippen molar-refractivity contribution in [2.75, 3.05) is 14.2 Å². The van der Waals surface area contributed by atoms with Crippen molar-refractivity contribution in [3.8, 4) is 5.75 Å². The molecule has 88 valence electrons. The molecule has 1 aromatic rings. The molecule has 0 amide bonds. The molecule has 4 nitrogen and oxygen atoms in total. The van der Waals surface area contributed by atoms with Gasteiger partial charge in [0.15, 0.2) is 0 Å². The van der Waals surface area contributed by atoms with Crippen LogP contribution < -0.4 is 4.74 Å². The Morgan fingerprint density at radius 2 is 2.18 bits per heavy atom. The number of hydrogen-bond donors (Lipinski definition) is 0. The number of para-hydroxylation sites is 1. The summed E-state index contributed by atoms with van der Waals surface area (Å²) in [6.07, 6.45) is 3.56. The summed E-state index contributed by atoms with van der Waals surface area (Å²) in [5.41, 5.74) is 1.84. The van der Waals surface area contributed by atoms with E-state index in [1.807, 2.05) is 24.3 Å². The topological polar surface area (TPSA) is 40.0 Å². The fraction of sp³-hybridized carbons (Fsp3) is 0.308. The van der Waals surface area contributed by atoms with Crippen molar-refractivity contribution in [2.45, 2.75) is 6.10 Å². The van der Waals surface area contributed by atoms with Gasteiger partial charge in [0.25, 0.3) is 0 Å². The monoisotopic (exact) mass is 231 g/mol. The van der Waals surface area contributed by atoms with Crippen LogP contribution in [0.5, 0.6) is 5.75 Å². The minimum Gasteiger partial charge on any atom is -0.494 e. The second-order valence-electron chi connectivity index (χ2n) is 3.98. The van der Waals surface area contributed by atoms with Crippen LogP contribution in [0.2, 0.25) is 0 Å². The highest BCUT2D eigenvalue weighted by Gasteiger charge is 2.36. The maximum absolute atomic E-state index is 5.56. The lowest BCUT2D eigenvalue weighted by Crippen LogP contribution is -2.23. The minimum atomic E-state index is -0.0636. The number of fused-ring (bicyclic) bond motifs is 2.